The lowest BCUT2D eigenvalue weighted by Crippen LogP contribution is -2.51. The molecule has 1 fully saturated rings. The van der Waals surface area contributed by atoms with E-state index in [1.54, 1.807) is 19.1 Å². The van der Waals surface area contributed by atoms with Crippen LogP contribution in [0.2, 0.25) is 0 Å². The number of rotatable bonds is 3. The summed E-state index contributed by atoms with van der Waals surface area (Å²) < 4.78 is 16.3. The van der Waals surface area contributed by atoms with Gasteiger partial charge in [0.05, 0.1) is 13.7 Å². The van der Waals surface area contributed by atoms with E-state index in [9.17, 15) is 14.4 Å². The van der Waals surface area contributed by atoms with Crippen LogP contribution in [0.5, 0.6) is 5.75 Å². The number of hydrogen-bond donors (Lipinski definition) is 0. The van der Waals surface area contributed by atoms with Crippen molar-refractivity contribution in [2.45, 2.75) is 6.92 Å². The summed E-state index contributed by atoms with van der Waals surface area (Å²) in [6.45, 7) is 3.37. The maximum absolute atomic E-state index is 12.8. The molecule has 1 aromatic carbocycles. The van der Waals surface area contributed by atoms with E-state index in [1.807, 2.05) is 0 Å². The van der Waals surface area contributed by atoms with Gasteiger partial charge in [-0.05, 0) is 25.1 Å². The summed E-state index contributed by atoms with van der Waals surface area (Å²) in [5.74, 6) is -0.0216. The summed E-state index contributed by atoms with van der Waals surface area (Å²) in [4.78, 5) is 40.0. The van der Waals surface area contributed by atoms with Gasteiger partial charge in [0.15, 0.2) is 11.3 Å². The lowest BCUT2D eigenvalue weighted by Gasteiger charge is -2.33. The van der Waals surface area contributed by atoms with Crippen LogP contribution in [0.4, 0.5) is 4.79 Å². The lowest BCUT2D eigenvalue weighted by atomic mass is 10.1. The maximum Gasteiger partial charge on any atom is 0.409 e. The van der Waals surface area contributed by atoms with Crippen LogP contribution in [0, 0.1) is 0 Å². The van der Waals surface area contributed by atoms with Gasteiger partial charge < -0.3 is 23.7 Å². The molecule has 1 aromatic heterocycles. The minimum absolute atomic E-state index is 0.0489. The summed E-state index contributed by atoms with van der Waals surface area (Å²) in [5.41, 5.74) is -0.484. The molecule has 0 aliphatic carbocycles. The smallest absolute Gasteiger partial charge is 0.409 e. The summed E-state index contributed by atoms with van der Waals surface area (Å²) in [7, 11) is 1.48. The van der Waals surface area contributed by atoms with Crippen LogP contribution >= 0.6 is 15.9 Å². The van der Waals surface area contributed by atoms with Gasteiger partial charge in [0.25, 0.3) is 5.91 Å². The molecule has 9 heteroatoms. The Morgan fingerprint density at radius 2 is 1.81 bits per heavy atom. The summed E-state index contributed by atoms with van der Waals surface area (Å²) in [6.07, 6.45) is -0.397. The van der Waals surface area contributed by atoms with Crippen LogP contribution < -0.4 is 10.4 Å². The van der Waals surface area contributed by atoms with Crippen molar-refractivity contribution in [2.75, 3.05) is 39.9 Å². The van der Waals surface area contributed by atoms with Crippen molar-refractivity contribution in [1.82, 2.24) is 9.80 Å². The SMILES string of the molecule is CCOC(=O)N1CCN(C(=O)c2cc3cc(Br)cc(OC)c3oc2=O)CC1. The first-order valence-electron chi connectivity index (χ1n) is 8.47. The van der Waals surface area contributed by atoms with Gasteiger partial charge in [-0.2, -0.15) is 0 Å². The summed E-state index contributed by atoms with van der Waals surface area (Å²) in [5, 5.41) is 0.578. The third-order valence-electron chi connectivity index (χ3n) is 4.31. The number of methoxy groups -OCH3 is 1. The molecular formula is C18H19BrN2O6. The number of piperazine rings is 1. The van der Waals surface area contributed by atoms with Gasteiger partial charge in [0.1, 0.15) is 5.56 Å². The van der Waals surface area contributed by atoms with E-state index in [0.717, 1.165) is 4.47 Å². The Morgan fingerprint density at radius 1 is 1.15 bits per heavy atom. The third-order valence-corrected chi connectivity index (χ3v) is 4.76. The van der Waals surface area contributed by atoms with Gasteiger partial charge in [0.2, 0.25) is 0 Å². The largest absolute Gasteiger partial charge is 0.493 e. The number of carbonyl (C=O) groups is 2. The summed E-state index contributed by atoms with van der Waals surface area (Å²) >= 11 is 3.37. The highest BCUT2D eigenvalue weighted by Gasteiger charge is 2.27. The van der Waals surface area contributed by atoms with Crippen molar-refractivity contribution in [1.29, 1.82) is 0 Å². The molecule has 144 valence electrons. The van der Waals surface area contributed by atoms with E-state index < -0.39 is 17.6 Å². The van der Waals surface area contributed by atoms with Crippen molar-refractivity contribution in [3.05, 3.63) is 38.7 Å². The van der Waals surface area contributed by atoms with E-state index in [4.69, 9.17) is 13.9 Å². The highest BCUT2D eigenvalue weighted by atomic mass is 79.9. The molecular weight excluding hydrogens is 420 g/mol. The van der Waals surface area contributed by atoms with Crippen molar-refractivity contribution in [3.8, 4) is 5.75 Å². The Balaban J connectivity index is 1.83. The topological polar surface area (TPSA) is 89.3 Å². The first-order valence-corrected chi connectivity index (χ1v) is 9.26. The number of nitrogens with zero attached hydrogens (tertiary/aromatic N) is 2. The molecule has 1 saturated heterocycles. The Bertz CT molecular complexity index is 933. The second-order valence-electron chi connectivity index (χ2n) is 5.95. The second kappa shape index (κ2) is 7.99. The Kier molecular flexibility index (Phi) is 5.69. The molecule has 0 bridgehead atoms. The van der Waals surface area contributed by atoms with Crippen LogP contribution in [0.1, 0.15) is 17.3 Å². The van der Waals surface area contributed by atoms with Crippen LogP contribution in [0.25, 0.3) is 11.0 Å². The van der Waals surface area contributed by atoms with Gasteiger partial charge in [0, 0.05) is 36.0 Å². The molecule has 8 nitrogen and oxygen atoms in total. The summed E-state index contributed by atoms with van der Waals surface area (Å²) in [6, 6.07) is 4.94. The number of carbonyl (C=O) groups excluding carboxylic acids is 2. The number of ether oxygens (including phenoxy) is 2. The predicted octanol–water partition coefficient (Wildman–Crippen LogP) is 2.48. The third kappa shape index (κ3) is 3.92. The van der Waals surface area contributed by atoms with Gasteiger partial charge >= 0.3 is 11.7 Å². The van der Waals surface area contributed by atoms with Crippen LogP contribution in [-0.4, -0.2) is 61.7 Å². The van der Waals surface area contributed by atoms with Crippen molar-refractivity contribution >= 4 is 38.9 Å². The highest BCUT2D eigenvalue weighted by Crippen LogP contribution is 2.29. The van der Waals surface area contributed by atoms with Crippen molar-refractivity contribution < 1.29 is 23.5 Å². The van der Waals surface area contributed by atoms with E-state index in [1.165, 1.54) is 23.0 Å². The zero-order valence-corrected chi connectivity index (χ0v) is 16.6. The Morgan fingerprint density at radius 3 is 2.44 bits per heavy atom. The fraction of sp³-hybridized carbons (Fsp3) is 0.389. The lowest BCUT2D eigenvalue weighted by molar-refractivity contribution is 0.0567. The number of halogens is 1. The average molecular weight is 439 g/mol. The molecule has 1 aliphatic rings. The van der Waals surface area contributed by atoms with E-state index in [-0.39, 0.29) is 11.1 Å². The van der Waals surface area contributed by atoms with Gasteiger partial charge in [-0.25, -0.2) is 9.59 Å². The molecule has 1 aliphatic heterocycles. The zero-order chi connectivity index (χ0) is 19.6. The molecule has 0 atom stereocenters. The molecule has 27 heavy (non-hydrogen) atoms. The first-order chi connectivity index (χ1) is 12.9. The molecule has 0 radical (unpaired) electrons. The molecule has 0 unspecified atom stereocenters. The number of benzene rings is 1. The molecule has 2 amide bonds. The zero-order valence-electron chi connectivity index (χ0n) is 15.0. The van der Waals surface area contributed by atoms with E-state index in [0.29, 0.717) is 43.9 Å². The molecule has 2 aromatic rings. The molecule has 2 heterocycles. The number of amides is 2. The fourth-order valence-electron chi connectivity index (χ4n) is 2.95. The quantitative estimate of drug-likeness (QED) is 0.683. The Hall–Kier alpha value is -2.55. The molecule has 0 spiro atoms. The Labute approximate surface area is 163 Å². The first kappa shape index (κ1) is 19.2. The standard InChI is InChI=1S/C18H19BrN2O6/c1-3-26-18(24)21-6-4-20(5-7-21)16(22)13-9-11-8-12(19)10-14(25-2)15(11)27-17(13)23/h8-10H,3-7H2,1-2H3. The van der Waals surface area contributed by atoms with Crippen LogP contribution in [0.3, 0.4) is 0 Å². The minimum atomic E-state index is -0.721. The van der Waals surface area contributed by atoms with Crippen molar-refractivity contribution in [3.63, 3.8) is 0 Å². The van der Waals surface area contributed by atoms with Gasteiger partial charge in [-0.3, -0.25) is 4.79 Å². The number of fused-ring (bicyclic) bond motifs is 1. The maximum atomic E-state index is 12.8. The molecule has 3 rings (SSSR count). The van der Waals surface area contributed by atoms with Crippen LogP contribution in [0.15, 0.2) is 31.9 Å². The predicted molar refractivity (Wildman–Crippen MR) is 101 cm³/mol. The molecule has 0 N–H and O–H groups in total. The fourth-order valence-corrected chi connectivity index (χ4v) is 3.40. The highest BCUT2D eigenvalue weighted by molar-refractivity contribution is 9.10. The van der Waals surface area contributed by atoms with E-state index in [2.05, 4.69) is 15.9 Å². The normalized spacial score (nSPS) is 14.3. The minimum Gasteiger partial charge on any atom is -0.493 e. The van der Waals surface area contributed by atoms with E-state index >= 15 is 0 Å². The molecule has 0 saturated carbocycles. The van der Waals surface area contributed by atoms with Gasteiger partial charge in [-0.1, -0.05) is 15.9 Å². The number of hydrogen-bond acceptors (Lipinski definition) is 6. The average Bonchev–Trinajstić information content (AvgIpc) is 2.67. The second-order valence-corrected chi connectivity index (χ2v) is 6.87. The van der Waals surface area contributed by atoms with Crippen molar-refractivity contribution in [2.24, 2.45) is 0 Å². The van der Waals surface area contributed by atoms with Crippen LogP contribution in [-0.2, 0) is 4.74 Å². The monoisotopic (exact) mass is 438 g/mol. The van der Waals surface area contributed by atoms with Gasteiger partial charge in [-0.15, -0.1) is 0 Å².